The molecule has 1 spiro atoms. The Kier molecular flexibility index (Phi) is 2.46. The van der Waals surface area contributed by atoms with E-state index in [0.29, 0.717) is 6.42 Å². The van der Waals surface area contributed by atoms with E-state index in [1.165, 1.54) is 0 Å². The van der Waals surface area contributed by atoms with E-state index in [0.717, 1.165) is 24.8 Å². The molecule has 1 aromatic rings. The van der Waals surface area contributed by atoms with Gasteiger partial charge in [-0.05, 0) is 31.2 Å². The van der Waals surface area contributed by atoms with Crippen molar-refractivity contribution in [3.8, 4) is 0 Å². The number of rotatable bonds is 1. The minimum absolute atomic E-state index is 0.0202. The van der Waals surface area contributed by atoms with Crippen molar-refractivity contribution >= 4 is 11.9 Å². The van der Waals surface area contributed by atoms with E-state index in [-0.39, 0.29) is 53.4 Å². The molecule has 1 aromatic heterocycles. The average molecular weight is 344 g/mol. The summed E-state index contributed by atoms with van der Waals surface area (Å²) in [5, 5.41) is 0. The van der Waals surface area contributed by atoms with Gasteiger partial charge < -0.3 is 18.6 Å². The third-order valence-corrected chi connectivity index (χ3v) is 7.66. The van der Waals surface area contributed by atoms with Crippen molar-refractivity contribution in [1.82, 2.24) is 0 Å². The van der Waals surface area contributed by atoms with Crippen LogP contribution in [0.25, 0.3) is 0 Å². The van der Waals surface area contributed by atoms with Gasteiger partial charge in [0, 0.05) is 23.3 Å². The molecule has 4 heterocycles. The number of hydrogen-bond acceptors (Lipinski definition) is 6. The summed E-state index contributed by atoms with van der Waals surface area (Å²) in [4.78, 5) is 25.2. The molecule has 2 aliphatic carbocycles. The van der Waals surface area contributed by atoms with Crippen LogP contribution in [0.4, 0.5) is 0 Å². The Morgan fingerprint density at radius 3 is 2.84 bits per heavy atom. The summed E-state index contributed by atoms with van der Waals surface area (Å²) in [6.07, 6.45) is 5.75. The fourth-order valence-corrected chi connectivity index (χ4v) is 6.54. The zero-order valence-electron chi connectivity index (χ0n) is 14.0. The number of furan rings is 1. The van der Waals surface area contributed by atoms with Crippen molar-refractivity contribution in [3.05, 3.63) is 24.2 Å². The molecule has 2 saturated carbocycles. The Morgan fingerprint density at radius 1 is 1.16 bits per heavy atom. The first-order valence-electron chi connectivity index (χ1n) is 9.13. The monoisotopic (exact) mass is 344 g/mol. The van der Waals surface area contributed by atoms with Crippen LogP contribution in [0.2, 0.25) is 0 Å². The highest BCUT2D eigenvalue weighted by Gasteiger charge is 2.76. The highest BCUT2D eigenvalue weighted by atomic mass is 16.6. The van der Waals surface area contributed by atoms with Crippen molar-refractivity contribution in [2.75, 3.05) is 0 Å². The first-order chi connectivity index (χ1) is 12.0. The van der Waals surface area contributed by atoms with Gasteiger partial charge in [0.05, 0.1) is 24.5 Å². The molecule has 0 N–H and O–H groups in total. The number of esters is 2. The van der Waals surface area contributed by atoms with Crippen molar-refractivity contribution in [2.24, 2.45) is 23.2 Å². The standard InChI is InChI=1S/C19H20O6/c1-18-6-13(9-2-3-22-8-9)25-19(18)7-14(24-17(19)21)15-11-4-10(5-12(15)18)23-16(11)20/h2-3,8,10-15H,4-7H2,1H3/t10-,11+,12+,13+,14-,15+,18-,19?/m0/s1. The van der Waals surface area contributed by atoms with E-state index in [9.17, 15) is 9.59 Å². The van der Waals surface area contributed by atoms with E-state index < -0.39 is 5.60 Å². The van der Waals surface area contributed by atoms with E-state index in [1.807, 2.05) is 6.07 Å². The predicted molar refractivity (Wildman–Crippen MR) is 82.1 cm³/mol. The van der Waals surface area contributed by atoms with Crippen LogP contribution in [0, 0.1) is 23.2 Å². The summed E-state index contributed by atoms with van der Waals surface area (Å²) >= 11 is 0. The number of carbonyl (C=O) groups is 2. The third-order valence-electron chi connectivity index (χ3n) is 7.66. The fourth-order valence-electron chi connectivity index (χ4n) is 6.54. The molecule has 8 atom stereocenters. The molecule has 4 bridgehead atoms. The molecular weight excluding hydrogens is 324 g/mol. The smallest absolute Gasteiger partial charge is 0.339 e. The summed E-state index contributed by atoms with van der Waals surface area (Å²) < 4.78 is 23.0. The van der Waals surface area contributed by atoms with Crippen LogP contribution in [0.5, 0.6) is 0 Å². The molecule has 0 amide bonds. The fraction of sp³-hybridized carbons (Fsp3) is 0.684. The highest BCUT2D eigenvalue weighted by Crippen LogP contribution is 2.69. The number of hydrogen-bond donors (Lipinski definition) is 0. The highest BCUT2D eigenvalue weighted by molar-refractivity contribution is 5.85. The second-order valence-corrected chi connectivity index (χ2v) is 8.58. The second-order valence-electron chi connectivity index (χ2n) is 8.58. The van der Waals surface area contributed by atoms with Gasteiger partial charge in [0.1, 0.15) is 12.2 Å². The minimum atomic E-state index is -0.902. The largest absolute Gasteiger partial charge is 0.472 e. The Balaban J connectivity index is 1.48. The first-order valence-corrected chi connectivity index (χ1v) is 9.13. The van der Waals surface area contributed by atoms with Crippen LogP contribution in [0.15, 0.2) is 23.0 Å². The number of ether oxygens (including phenoxy) is 3. The van der Waals surface area contributed by atoms with Crippen LogP contribution in [-0.4, -0.2) is 29.7 Å². The molecule has 6 nitrogen and oxygen atoms in total. The predicted octanol–water partition coefficient (Wildman–Crippen LogP) is 2.38. The summed E-state index contributed by atoms with van der Waals surface area (Å²) in [7, 11) is 0. The van der Waals surface area contributed by atoms with Gasteiger partial charge in [-0.25, -0.2) is 4.79 Å². The van der Waals surface area contributed by atoms with Gasteiger partial charge in [-0.2, -0.15) is 0 Å². The maximum Gasteiger partial charge on any atom is 0.339 e. The molecule has 25 heavy (non-hydrogen) atoms. The molecule has 6 heteroatoms. The van der Waals surface area contributed by atoms with Crippen LogP contribution < -0.4 is 0 Å². The van der Waals surface area contributed by atoms with Gasteiger partial charge in [0.15, 0.2) is 5.60 Å². The molecule has 3 saturated heterocycles. The van der Waals surface area contributed by atoms with E-state index in [4.69, 9.17) is 18.6 Å². The number of carbonyl (C=O) groups excluding carboxylic acids is 2. The third kappa shape index (κ3) is 1.52. The number of fused-ring (bicyclic) bond motifs is 7. The lowest BCUT2D eigenvalue weighted by Gasteiger charge is -2.51. The normalized spacial score (nSPS) is 52.5. The van der Waals surface area contributed by atoms with E-state index in [2.05, 4.69) is 6.92 Å². The van der Waals surface area contributed by atoms with Crippen molar-refractivity contribution in [3.63, 3.8) is 0 Å². The molecule has 1 unspecified atom stereocenters. The summed E-state index contributed by atoms with van der Waals surface area (Å²) in [5.74, 6) is -0.235. The van der Waals surface area contributed by atoms with Gasteiger partial charge >= 0.3 is 11.9 Å². The lowest BCUT2D eigenvalue weighted by Crippen LogP contribution is -2.59. The van der Waals surface area contributed by atoms with E-state index >= 15 is 0 Å². The Morgan fingerprint density at radius 2 is 2.04 bits per heavy atom. The topological polar surface area (TPSA) is 75.0 Å². The molecule has 3 aliphatic heterocycles. The van der Waals surface area contributed by atoms with Gasteiger partial charge in [-0.1, -0.05) is 6.92 Å². The maximum atomic E-state index is 12.9. The molecule has 5 fully saturated rings. The lowest BCUT2D eigenvalue weighted by atomic mass is 9.49. The minimum Gasteiger partial charge on any atom is -0.472 e. The summed E-state index contributed by atoms with van der Waals surface area (Å²) in [6.45, 7) is 2.16. The van der Waals surface area contributed by atoms with Gasteiger partial charge in [0.2, 0.25) is 0 Å². The van der Waals surface area contributed by atoms with Crippen LogP contribution in [-0.2, 0) is 23.8 Å². The zero-order chi connectivity index (χ0) is 17.0. The zero-order valence-corrected chi connectivity index (χ0v) is 14.0. The average Bonchev–Trinajstić information content (AvgIpc) is 3.31. The van der Waals surface area contributed by atoms with Crippen LogP contribution in [0.3, 0.4) is 0 Å². The molecule has 0 radical (unpaired) electrons. The van der Waals surface area contributed by atoms with Crippen molar-refractivity contribution in [2.45, 2.75) is 56.5 Å². The molecule has 5 aliphatic rings. The van der Waals surface area contributed by atoms with Crippen molar-refractivity contribution in [1.29, 1.82) is 0 Å². The summed E-state index contributed by atoms with van der Waals surface area (Å²) in [5.41, 5.74) is -0.293. The molecular formula is C19H20O6. The Bertz CT molecular complexity index is 771. The lowest BCUT2D eigenvalue weighted by molar-refractivity contribution is -0.169. The van der Waals surface area contributed by atoms with E-state index in [1.54, 1.807) is 12.5 Å². The molecule has 132 valence electrons. The van der Waals surface area contributed by atoms with Gasteiger partial charge in [0.25, 0.3) is 0 Å². The van der Waals surface area contributed by atoms with Crippen LogP contribution in [0.1, 0.15) is 44.3 Å². The maximum absolute atomic E-state index is 12.9. The quantitative estimate of drug-likeness (QED) is 0.728. The van der Waals surface area contributed by atoms with Gasteiger partial charge in [-0.15, -0.1) is 0 Å². The van der Waals surface area contributed by atoms with Gasteiger partial charge in [-0.3, -0.25) is 4.79 Å². The molecule has 0 aromatic carbocycles. The summed E-state index contributed by atoms with van der Waals surface area (Å²) in [6, 6.07) is 1.90. The second kappa shape index (κ2) is 4.29. The Labute approximate surface area is 144 Å². The Hall–Kier alpha value is -1.82. The SMILES string of the molecule is C[C@@]12C[C@H](c3ccoc3)OC13C[C@H](OC3=O)[C@H]1[C@H]2C[C@@H]2C[C@H]1C(=O)O2. The van der Waals surface area contributed by atoms with Crippen LogP contribution >= 0.6 is 0 Å². The van der Waals surface area contributed by atoms with Crippen molar-refractivity contribution < 1.29 is 28.2 Å². The molecule has 6 rings (SSSR count). The first kappa shape index (κ1) is 14.4.